The number of allylic oxidation sites excluding steroid dienone is 1. The van der Waals surface area contributed by atoms with E-state index in [1.54, 1.807) is 5.57 Å². The van der Waals surface area contributed by atoms with Crippen LogP contribution in [0.25, 0.3) is 0 Å². The van der Waals surface area contributed by atoms with Crippen LogP contribution in [0.15, 0.2) is 41.5 Å². The molecule has 5 fully saturated rings. The van der Waals surface area contributed by atoms with Crippen LogP contribution < -0.4 is 5.73 Å². The number of hydrogen-bond donors (Lipinski definition) is 2. The lowest BCUT2D eigenvalue weighted by Gasteiger charge is -2.61. The molecule has 44 heavy (non-hydrogen) atoms. The molecule has 0 aromatic heterocycles. The van der Waals surface area contributed by atoms with Crippen molar-refractivity contribution in [3.05, 3.63) is 47.0 Å². The van der Waals surface area contributed by atoms with Gasteiger partial charge in [-0.15, -0.1) is 0 Å². The number of fused-ring (bicyclic) bond motifs is 6. The number of ketones is 1. The second kappa shape index (κ2) is 10.9. The Balaban J connectivity index is 1.12. The second-order valence-corrected chi connectivity index (χ2v) is 15.8. The molecule has 1 spiro atoms. The van der Waals surface area contributed by atoms with E-state index in [-0.39, 0.29) is 54.2 Å². The fourth-order valence-electron chi connectivity index (χ4n) is 11.4. The Morgan fingerprint density at radius 3 is 2.68 bits per heavy atom. The summed E-state index contributed by atoms with van der Waals surface area (Å²) in [5.74, 6) is 1.82. The lowest BCUT2D eigenvalue weighted by Crippen LogP contribution is -2.69. The molecular formula is C37H52N2O5. The number of aliphatic hydroxyl groups is 1. The summed E-state index contributed by atoms with van der Waals surface area (Å²) in [4.78, 5) is 28.4. The molecule has 1 amide bonds. The third kappa shape index (κ3) is 4.46. The minimum atomic E-state index is -0.620. The second-order valence-electron chi connectivity index (χ2n) is 15.8. The SMILES string of the molecule is CC1=C2C[C@H]3C(CC[C@]4(N)C(CO)C(=O)CC[C@]34C)[C@@H]2CC[C@@]2(C1)O[C@@H]1C[C@H](C)CN(C(=O)OCc3ccccc3)[C@H]1[C@H]2C. The molecule has 7 heteroatoms. The Morgan fingerprint density at radius 2 is 1.93 bits per heavy atom. The summed E-state index contributed by atoms with van der Waals surface area (Å²) in [5.41, 5.74) is 10.2. The smallest absolute Gasteiger partial charge is 0.410 e. The number of hydrogen-bond acceptors (Lipinski definition) is 6. The molecule has 3 saturated carbocycles. The number of carbonyl (C=O) groups is 2. The zero-order valence-electron chi connectivity index (χ0n) is 27.1. The minimum absolute atomic E-state index is 0.0274. The number of nitrogens with zero attached hydrogens (tertiary/aromatic N) is 1. The highest BCUT2D eigenvalue weighted by Crippen LogP contribution is 2.66. The Morgan fingerprint density at radius 1 is 1.16 bits per heavy atom. The summed E-state index contributed by atoms with van der Waals surface area (Å²) in [6.45, 7) is 10.1. The van der Waals surface area contributed by atoms with Gasteiger partial charge in [-0.25, -0.2) is 4.79 Å². The molecule has 3 N–H and O–H groups in total. The predicted molar refractivity (Wildman–Crippen MR) is 168 cm³/mol. The van der Waals surface area contributed by atoms with Crippen LogP contribution in [0.1, 0.15) is 91.0 Å². The molecular weight excluding hydrogens is 552 g/mol. The van der Waals surface area contributed by atoms with Crippen LogP contribution >= 0.6 is 0 Å². The van der Waals surface area contributed by atoms with E-state index in [0.29, 0.717) is 36.6 Å². The van der Waals surface area contributed by atoms with Crippen molar-refractivity contribution in [1.29, 1.82) is 0 Å². The van der Waals surface area contributed by atoms with Gasteiger partial charge in [0.05, 0.1) is 30.3 Å². The highest BCUT2D eigenvalue weighted by Gasteiger charge is 2.65. The van der Waals surface area contributed by atoms with Gasteiger partial charge in [-0.3, -0.25) is 4.79 Å². The van der Waals surface area contributed by atoms with Gasteiger partial charge < -0.3 is 25.2 Å². The Hall–Kier alpha value is -2.22. The fourth-order valence-corrected chi connectivity index (χ4v) is 11.4. The minimum Gasteiger partial charge on any atom is -0.445 e. The van der Waals surface area contributed by atoms with Crippen LogP contribution in [0, 0.1) is 40.9 Å². The molecule has 11 atom stereocenters. The first kappa shape index (κ1) is 30.4. The number of piperidine rings is 1. The quantitative estimate of drug-likeness (QED) is 0.409. The number of rotatable bonds is 3. The average Bonchev–Trinajstić information content (AvgIpc) is 3.46. The molecule has 4 aliphatic carbocycles. The molecule has 2 aliphatic heterocycles. The summed E-state index contributed by atoms with van der Waals surface area (Å²) in [7, 11) is 0. The van der Waals surface area contributed by atoms with E-state index in [1.807, 2.05) is 35.2 Å². The van der Waals surface area contributed by atoms with E-state index in [1.165, 1.54) is 5.57 Å². The number of likely N-dealkylation sites (tertiary alicyclic amines) is 1. The number of nitrogens with two attached hydrogens (primary N) is 1. The van der Waals surface area contributed by atoms with Gasteiger partial charge in [0, 0.05) is 24.4 Å². The van der Waals surface area contributed by atoms with E-state index >= 15 is 0 Å². The highest BCUT2D eigenvalue weighted by molar-refractivity contribution is 5.84. The number of aliphatic hydroxyl groups excluding tert-OH is 1. The maximum absolute atomic E-state index is 13.6. The number of carbonyl (C=O) groups excluding carboxylic acids is 2. The summed E-state index contributed by atoms with van der Waals surface area (Å²) in [6, 6.07) is 9.94. The molecule has 2 heterocycles. The van der Waals surface area contributed by atoms with Gasteiger partial charge in [-0.05, 0) is 92.9 Å². The molecule has 7 rings (SSSR count). The van der Waals surface area contributed by atoms with E-state index in [0.717, 1.165) is 56.9 Å². The van der Waals surface area contributed by atoms with Gasteiger partial charge in [0.15, 0.2) is 0 Å². The maximum Gasteiger partial charge on any atom is 0.410 e. The first-order valence-electron chi connectivity index (χ1n) is 17.3. The molecule has 1 aromatic carbocycles. The maximum atomic E-state index is 13.6. The summed E-state index contributed by atoms with van der Waals surface area (Å²) in [6.07, 6.45) is 8.05. The number of benzene rings is 1. The number of Topliss-reactive ketones (excluding diaryl/α,β-unsaturated/α-hetero) is 1. The van der Waals surface area contributed by atoms with Crippen LogP contribution in [0.3, 0.4) is 0 Å². The fraction of sp³-hybridized carbons (Fsp3) is 0.730. The first-order valence-corrected chi connectivity index (χ1v) is 17.3. The molecule has 2 unspecified atom stereocenters. The van der Waals surface area contributed by atoms with Crippen molar-refractivity contribution in [3.8, 4) is 0 Å². The number of amides is 1. The first-order chi connectivity index (χ1) is 21.0. The molecule has 0 bridgehead atoms. The highest BCUT2D eigenvalue weighted by atomic mass is 16.6. The van der Waals surface area contributed by atoms with Gasteiger partial charge in [0.2, 0.25) is 0 Å². The van der Waals surface area contributed by atoms with Crippen LogP contribution in [-0.2, 0) is 20.9 Å². The topological polar surface area (TPSA) is 102 Å². The molecule has 0 radical (unpaired) electrons. The van der Waals surface area contributed by atoms with Gasteiger partial charge >= 0.3 is 6.09 Å². The van der Waals surface area contributed by atoms with Crippen LogP contribution in [-0.4, -0.2) is 58.3 Å². The summed E-state index contributed by atoms with van der Waals surface area (Å²) < 4.78 is 13.0. The molecule has 7 nitrogen and oxygen atoms in total. The van der Waals surface area contributed by atoms with Crippen LogP contribution in [0.2, 0.25) is 0 Å². The van der Waals surface area contributed by atoms with E-state index in [2.05, 4.69) is 27.7 Å². The van der Waals surface area contributed by atoms with Crippen molar-refractivity contribution in [2.75, 3.05) is 13.2 Å². The summed E-state index contributed by atoms with van der Waals surface area (Å²) in [5, 5.41) is 10.2. The average molecular weight is 605 g/mol. The third-order valence-corrected chi connectivity index (χ3v) is 13.8. The van der Waals surface area contributed by atoms with Crippen molar-refractivity contribution in [3.63, 3.8) is 0 Å². The van der Waals surface area contributed by atoms with Crippen molar-refractivity contribution < 1.29 is 24.2 Å². The standard InChI is InChI=1S/C37H52N2O5/c1-22-16-32-33(39(19-22)34(42)43-21-25-8-6-5-7-9-25)24(3)36(44-32)14-10-26-27-11-15-37(38)30(20-40)31(41)12-13-35(37,4)29(27)17-28(26)23(2)18-36/h5-9,22,24,26-27,29-30,32-33,40H,10-21,38H2,1-4H3/t22-,24+,26-,27?,29-,30?,32+,33-,35+,36-,37-/m0/s1. The lowest BCUT2D eigenvalue weighted by atomic mass is 9.46. The van der Waals surface area contributed by atoms with Gasteiger partial charge in [0.25, 0.3) is 0 Å². The predicted octanol–water partition coefficient (Wildman–Crippen LogP) is 6.03. The van der Waals surface area contributed by atoms with Gasteiger partial charge in [-0.2, -0.15) is 0 Å². The van der Waals surface area contributed by atoms with Crippen molar-refractivity contribution in [2.24, 2.45) is 46.7 Å². The van der Waals surface area contributed by atoms with Crippen LogP contribution in [0.4, 0.5) is 4.79 Å². The van der Waals surface area contributed by atoms with Crippen molar-refractivity contribution in [2.45, 2.75) is 115 Å². The largest absolute Gasteiger partial charge is 0.445 e. The van der Waals surface area contributed by atoms with Crippen molar-refractivity contribution >= 4 is 11.9 Å². The monoisotopic (exact) mass is 604 g/mol. The molecule has 2 saturated heterocycles. The number of ether oxygens (including phenoxy) is 2. The lowest BCUT2D eigenvalue weighted by molar-refractivity contribution is -0.146. The van der Waals surface area contributed by atoms with Gasteiger partial charge in [-0.1, -0.05) is 62.2 Å². The van der Waals surface area contributed by atoms with E-state index in [4.69, 9.17) is 15.2 Å². The Bertz CT molecular complexity index is 1330. The zero-order valence-corrected chi connectivity index (χ0v) is 27.1. The zero-order chi connectivity index (χ0) is 31.0. The van der Waals surface area contributed by atoms with Crippen LogP contribution in [0.5, 0.6) is 0 Å². The molecule has 240 valence electrons. The molecule has 6 aliphatic rings. The molecule has 1 aromatic rings. The van der Waals surface area contributed by atoms with E-state index < -0.39 is 11.5 Å². The Kier molecular flexibility index (Phi) is 7.57. The van der Waals surface area contributed by atoms with Gasteiger partial charge in [0.1, 0.15) is 12.4 Å². The van der Waals surface area contributed by atoms with E-state index in [9.17, 15) is 14.7 Å². The summed E-state index contributed by atoms with van der Waals surface area (Å²) >= 11 is 0. The normalized spacial score (nSPS) is 45.0. The Labute approximate surface area is 262 Å². The van der Waals surface area contributed by atoms with Crippen molar-refractivity contribution in [1.82, 2.24) is 4.90 Å². The third-order valence-electron chi connectivity index (χ3n) is 13.8.